The molecule has 5 heteroatoms. The minimum Gasteiger partial charge on any atom is -0.457 e. The van der Waals surface area contributed by atoms with Crippen molar-refractivity contribution in [3.05, 3.63) is 54.6 Å². The lowest BCUT2D eigenvalue weighted by Crippen LogP contribution is -2.50. The maximum absolute atomic E-state index is 7.46. The predicted molar refractivity (Wildman–Crippen MR) is 88.7 cm³/mol. The van der Waals surface area contributed by atoms with Crippen molar-refractivity contribution in [3.63, 3.8) is 0 Å². The van der Waals surface area contributed by atoms with Crippen molar-refractivity contribution in [2.45, 2.75) is 0 Å². The van der Waals surface area contributed by atoms with Crippen molar-refractivity contribution in [2.75, 3.05) is 31.1 Å². The Kier molecular flexibility index (Phi) is 4.14. The van der Waals surface area contributed by atoms with Gasteiger partial charge in [0.2, 0.25) is 0 Å². The van der Waals surface area contributed by atoms with Crippen LogP contribution in [-0.4, -0.2) is 37.0 Å². The Morgan fingerprint density at radius 1 is 0.864 bits per heavy atom. The van der Waals surface area contributed by atoms with Crippen LogP contribution in [0.4, 0.5) is 5.69 Å². The molecule has 0 saturated carbocycles. The summed E-state index contributed by atoms with van der Waals surface area (Å²) in [5.41, 5.74) is 6.69. The van der Waals surface area contributed by atoms with E-state index < -0.39 is 0 Å². The van der Waals surface area contributed by atoms with Crippen LogP contribution < -0.4 is 15.4 Å². The predicted octanol–water partition coefficient (Wildman–Crippen LogP) is 2.49. The molecule has 2 aromatic carbocycles. The van der Waals surface area contributed by atoms with Crippen LogP contribution in [-0.2, 0) is 0 Å². The summed E-state index contributed by atoms with van der Waals surface area (Å²) in [6.45, 7) is 3.33. The van der Waals surface area contributed by atoms with E-state index >= 15 is 0 Å². The second-order valence-corrected chi connectivity index (χ2v) is 5.27. The van der Waals surface area contributed by atoms with Gasteiger partial charge in [-0.05, 0) is 36.4 Å². The SMILES string of the molecule is N=C(N)N1CCN(c2ccc(Oc3ccccc3)cc2)CC1. The fourth-order valence-corrected chi connectivity index (χ4v) is 2.56. The number of hydrogen-bond donors (Lipinski definition) is 2. The van der Waals surface area contributed by atoms with E-state index in [0.29, 0.717) is 0 Å². The topological polar surface area (TPSA) is 65.6 Å². The Morgan fingerprint density at radius 3 is 2.05 bits per heavy atom. The quantitative estimate of drug-likeness (QED) is 0.674. The largest absolute Gasteiger partial charge is 0.457 e. The molecule has 0 aromatic heterocycles. The van der Waals surface area contributed by atoms with Gasteiger partial charge in [-0.1, -0.05) is 18.2 Å². The molecule has 5 nitrogen and oxygen atoms in total. The summed E-state index contributed by atoms with van der Waals surface area (Å²) < 4.78 is 5.80. The number of benzene rings is 2. The van der Waals surface area contributed by atoms with Gasteiger partial charge in [-0.25, -0.2) is 0 Å². The van der Waals surface area contributed by atoms with Crippen LogP contribution in [0, 0.1) is 5.41 Å². The zero-order valence-corrected chi connectivity index (χ0v) is 12.4. The van der Waals surface area contributed by atoms with Gasteiger partial charge in [0.05, 0.1) is 0 Å². The van der Waals surface area contributed by atoms with Gasteiger partial charge in [0.25, 0.3) is 0 Å². The smallest absolute Gasteiger partial charge is 0.188 e. The highest BCUT2D eigenvalue weighted by Gasteiger charge is 2.17. The highest BCUT2D eigenvalue weighted by Crippen LogP contribution is 2.24. The number of nitrogens with one attached hydrogen (secondary N) is 1. The van der Waals surface area contributed by atoms with Crippen LogP contribution in [0.2, 0.25) is 0 Å². The third-order valence-corrected chi connectivity index (χ3v) is 3.80. The van der Waals surface area contributed by atoms with Crippen molar-refractivity contribution >= 4 is 11.6 Å². The van der Waals surface area contributed by atoms with Gasteiger partial charge in [-0.15, -0.1) is 0 Å². The Morgan fingerprint density at radius 2 is 1.45 bits per heavy atom. The molecule has 0 radical (unpaired) electrons. The van der Waals surface area contributed by atoms with Crippen molar-refractivity contribution in [1.29, 1.82) is 5.41 Å². The van der Waals surface area contributed by atoms with Crippen molar-refractivity contribution in [3.8, 4) is 11.5 Å². The van der Waals surface area contributed by atoms with Crippen molar-refractivity contribution in [1.82, 2.24) is 4.90 Å². The fraction of sp³-hybridized carbons (Fsp3) is 0.235. The minimum absolute atomic E-state index is 0.159. The third kappa shape index (κ3) is 3.31. The minimum atomic E-state index is 0.159. The summed E-state index contributed by atoms with van der Waals surface area (Å²) in [6.07, 6.45) is 0. The highest BCUT2D eigenvalue weighted by molar-refractivity contribution is 5.75. The third-order valence-electron chi connectivity index (χ3n) is 3.80. The van der Waals surface area contributed by atoms with E-state index in [2.05, 4.69) is 17.0 Å². The number of nitrogens with zero attached hydrogens (tertiary/aromatic N) is 2. The molecule has 0 atom stereocenters. The van der Waals surface area contributed by atoms with E-state index in [1.165, 1.54) is 5.69 Å². The summed E-state index contributed by atoms with van der Waals surface area (Å²) in [5.74, 6) is 1.83. The average molecular weight is 296 g/mol. The van der Waals surface area contributed by atoms with E-state index in [1.807, 2.05) is 47.4 Å². The lowest BCUT2D eigenvalue weighted by Gasteiger charge is -2.36. The summed E-state index contributed by atoms with van der Waals surface area (Å²) in [6, 6.07) is 17.9. The van der Waals surface area contributed by atoms with Crippen LogP contribution in [0.5, 0.6) is 11.5 Å². The molecule has 0 unspecified atom stereocenters. The first-order valence-corrected chi connectivity index (χ1v) is 7.39. The summed E-state index contributed by atoms with van der Waals surface area (Å²) in [7, 11) is 0. The lowest BCUT2D eigenvalue weighted by atomic mass is 10.2. The summed E-state index contributed by atoms with van der Waals surface area (Å²) in [5, 5.41) is 7.46. The molecule has 1 saturated heterocycles. The molecule has 3 rings (SSSR count). The molecule has 0 amide bonds. The number of hydrogen-bond acceptors (Lipinski definition) is 3. The normalized spacial score (nSPS) is 14.7. The molecule has 1 heterocycles. The summed E-state index contributed by atoms with van der Waals surface area (Å²) in [4.78, 5) is 4.19. The highest BCUT2D eigenvalue weighted by atomic mass is 16.5. The van der Waals surface area contributed by atoms with E-state index in [9.17, 15) is 0 Å². The van der Waals surface area contributed by atoms with Gasteiger partial charge in [0.1, 0.15) is 11.5 Å². The van der Waals surface area contributed by atoms with Gasteiger partial charge in [0.15, 0.2) is 5.96 Å². The van der Waals surface area contributed by atoms with E-state index in [0.717, 1.165) is 37.7 Å². The number of anilines is 1. The van der Waals surface area contributed by atoms with E-state index in [1.54, 1.807) is 0 Å². The number of ether oxygens (including phenoxy) is 1. The van der Waals surface area contributed by atoms with E-state index in [4.69, 9.17) is 15.9 Å². The molecule has 0 spiro atoms. The molecule has 0 aliphatic carbocycles. The monoisotopic (exact) mass is 296 g/mol. The Bertz CT molecular complexity index is 619. The number of rotatable bonds is 3. The number of para-hydroxylation sites is 1. The molecule has 114 valence electrons. The molecule has 0 bridgehead atoms. The Balaban J connectivity index is 1.61. The standard InChI is InChI=1S/C17H20N4O/c18-17(19)21-12-10-20(11-13-21)14-6-8-16(9-7-14)22-15-4-2-1-3-5-15/h1-9H,10-13H2,(H3,18,19). The van der Waals surface area contributed by atoms with Crippen LogP contribution >= 0.6 is 0 Å². The van der Waals surface area contributed by atoms with Crippen LogP contribution in [0.25, 0.3) is 0 Å². The number of nitrogens with two attached hydrogens (primary N) is 1. The second-order valence-electron chi connectivity index (χ2n) is 5.27. The average Bonchev–Trinajstić information content (AvgIpc) is 2.57. The van der Waals surface area contributed by atoms with Crippen LogP contribution in [0.3, 0.4) is 0 Å². The van der Waals surface area contributed by atoms with Crippen molar-refractivity contribution in [2.24, 2.45) is 5.73 Å². The maximum Gasteiger partial charge on any atom is 0.188 e. The van der Waals surface area contributed by atoms with Crippen LogP contribution in [0.1, 0.15) is 0 Å². The first-order chi connectivity index (χ1) is 10.7. The van der Waals surface area contributed by atoms with Gasteiger partial charge in [-0.3, -0.25) is 5.41 Å². The first kappa shape index (κ1) is 14.3. The molecular formula is C17H20N4O. The Labute approximate surface area is 130 Å². The van der Waals surface area contributed by atoms with Gasteiger partial charge in [0, 0.05) is 31.9 Å². The molecule has 3 N–H and O–H groups in total. The maximum atomic E-state index is 7.46. The zero-order valence-electron chi connectivity index (χ0n) is 12.4. The zero-order chi connectivity index (χ0) is 15.4. The van der Waals surface area contributed by atoms with Gasteiger partial charge < -0.3 is 20.3 Å². The molecule has 2 aromatic rings. The molecule has 1 aliphatic rings. The van der Waals surface area contributed by atoms with Gasteiger partial charge >= 0.3 is 0 Å². The number of guanidine groups is 1. The van der Waals surface area contributed by atoms with E-state index in [-0.39, 0.29) is 5.96 Å². The second kappa shape index (κ2) is 6.39. The van der Waals surface area contributed by atoms with Crippen LogP contribution in [0.15, 0.2) is 54.6 Å². The first-order valence-electron chi connectivity index (χ1n) is 7.39. The molecule has 22 heavy (non-hydrogen) atoms. The number of piperazine rings is 1. The van der Waals surface area contributed by atoms with Crippen molar-refractivity contribution < 1.29 is 4.74 Å². The molecule has 1 fully saturated rings. The molecule has 1 aliphatic heterocycles. The summed E-state index contributed by atoms with van der Waals surface area (Å²) >= 11 is 0. The molecular weight excluding hydrogens is 276 g/mol. The van der Waals surface area contributed by atoms with Gasteiger partial charge in [-0.2, -0.15) is 0 Å². The fourth-order valence-electron chi connectivity index (χ4n) is 2.56. The Hall–Kier alpha value is -2.69. The lowest BCUT2D eigenvalue weighted by molar-refractivity contribution is 0.380.